The molecule has 9 nitrogen and oxygen atoms in total. The van der Waals surface area contributed by atoms with E-state index in [4.69, 9.17) is 14.2 Å². The molecule has 0 aliphatic carbocycles. The Kier molecular flexibility index (Phi) is 7.16. The quantitative estimate of drug-likeness (QED) is 0.358. The van der Waals surface area contributed by atoms with E-state index >= 15 is 0 Å². The Morgan fingerprint density at radius 1 is 0.971 bits per heavy atom. The lowest BCUT2D eigenvalue weighted by atomic mass is 10.2. The molecule has 0 atom stereocenters. The van der Waals surface area contributed by atoms with Crippen molar-refractivity contribution in [2.75, 3.05) is 26.4 Å². The number of rotatable bonds is 10. The standard InChI is InChI=1S/C24H24FN5O4/c1-3-32-19-9-8-17(15-20(19)33-4-2)24(31)26-12-13-34-22-11-10-21-27-28-23(30(21)29-22)16-6-5-7-18(25)14-16/h5-11,14-15H,3-4,12-13H2,1-2H3,(H,26,31). The number of hydrogen-bond acceptors (Lipinski definition) is 7. The van der Waals surface area contributed by atoms with Crippen LogP contribution < -0.4 is 19.5 Å². The van der Waals surface area contributed by atoms with Crippen LogP contribution >= 0.6 is 0 Å². The molecule has 2 aromatic carbocycles. The summed E-state index contributed by atoms with van der Waals surface area (Å²) in [7, 11) is 0. The van der Waals surface area contributed by atoms with Crippen LogP contribution in [0.3, 0.4) is 0 Å². The van der Waals surface area contributed by atoms with Crippen molar-refractivity contribution in [2.45, 2.75) is 13.8 Å². The number of nitrogens with zero attached hydrogens (tertiary/aromatic N) is 4. The molecule has 4 rings (SSSR count). The lowest BCUT2D eigenvalue weighted by Gasteiger charge is -2.12. The van der Waals surface area contributed by atoms with E-state index in [1.807, 2.05) is 13.8 Å². The Morgan fingerprint density at radius 3 is 2.59 bits per heavy atom. The van der Waals surface area contributed by atoms with E-state index in [9.17, 15) is 9.18 Å². The number of carbonyl (C=O) groups excluding carboxylic acids is 1. The lowest BCUT2D eigenvalue weighted by Crippen LogP contribution is -2.28. The van der Waals surface area contributed by atoms with E-state index in [-0.39, 0.29) is 24.9 Å². The van der Waals surface area contributed by atoms with Gasteiger partial charge in [0.25, 0.3) is 5.91 Å². The van der Waals surface area contributed by atoms with Crippen LogP contribution in [0.4, 0.5) is 4.39 Å². The molecule has 0 bridgehead atoms. The molecule has 0 saturated heterocycles. The van der Waals surface area contributed by atoms with Crippen molar-refractivity contribution in [2.24, 2.45) is 0 Å². The summed E-state index contributed by atoms with van der Waals surface area (Å²) in [4.78, 5) is 12.5. The number of nitrogens with one attached hydrogen (secondary N) is 1. The molecule has 10 heteroatoms. The Morgan fingerprint density at radius 2 is 1.79 bits per heavy atom. The van der Waals surface area contributed by atoms with Crippen molar-refractivity contribution in [3.8, 4) is 28.8 Å². The summed E-state index contributed by atoms with van der Waals surface area (Å²) in [5, 5.41) is 15.3. The van der Waals surface area contributed by atoms with E-state index in [0.29, 0.717) is 53.2 Å². The van der Waals surface area contributed by atoms with Gasteiger partial charge >= 0.3 is 0 Å². The Bertz CT molecular complexity index is 1290. The maximum atomic E-state index is 13.6. The van der Waals surface area contributed by atoms with Gasteiger partial charge in [0.05, 0.1) is 19.8 Å². The minimum Gasteiger partial charge on any atom is -0.490 e. The number of ether oxygens (including phenoxy) is 3. The normalized spacial score (nSPS) is 10.8. The van der Waals surface area contributed by atoms with Gasteiger partial charge in [-0.15, -0.1) is 15.3 Å². The zero-order chi connectivity index (χ0) is 23.9. The van der Waals surface area contributed by atoms with Crippen molar-refractivity contribution in [1.82, 2.24) is 25.1 Å². The summed E-state index contributed by atoms with van der Waals surface area (Å²) < 4.78 is 31.9. The van der Waals surface area contributed by atoms with Gasteiger partial charge < -0.3 is 19.5 Å². The van der Waals surface area contributed by atoms with Gasteiger partial charge in [0.15, 0.2) is 23.0 Å². The molecular weight excluding hydrogens is 441 g/mol. The van der Waals surface area contributed by atoms with Gasteiger partial charge in [-0.3, -0.25) is 4.79 Å². The van der Waals surface area contributed by atoms with Gasteiger partial charge in [0, 0.05) is 17.2 Å². The molecule has 34 heavy (non-hydrogen) atoms. The zero-order valence-electron chi connectivity index (χ0n) is 18.8. The third kappa shape index (κ3) is 5.22. The summed E-state index contributed by atoms with van der Waals surface area (Å²) in [5.41, 5.74) is 1.50. The lowest BCUT2D eigenvalue weighted by molar-refractivity contribution is 0.0946. The predicted octanol–water partition coefficient (Wildman–Crippen LogP) is 3.54. The Labute approximate surface area is 195 Å². The highest BCUT2D eigenvalue weighted by Gasteiger charge is 2.13. The smallest absolute Gasteiger partial charge is 0.251 e. The van der Waals surface area contributed by atoms with Gasteiger partial charge in [-0.25, -0.2) is 4.39 Å². The third-order valence-corrected chi connectivity index (χ3v) is 4.76. The van der Waals surface area contributed by atoms with E-state index in [2.05, 4.69) is 20.6 Å². The van der Waals surface area contributed by atoms with Gasteiger partial charge in [-0.05, 0) is 50.2 Å². The molecule has 176 valence electrons. The zero-order valence-corrected chi connectivity index (χ0v) is 18.8. The maximum absolute atomic E-state index is 13.6. The van der Waals surface area contributed by atoms with Crippen LogP contribution in [0, 0.1) is 5.82 Å². The van der Waals surface area contributed by atoms with Gasteiger partial charge in [-0.2, -0.15) is 4.52 Å². The van der Waals surface area contributed by atoms with E-state index in [1.54, 1.807) is 42.5 Å². The number of fused-ring (bicyclic) bond motifs is 1. The van der Waals surface area contributed by atoms with Crippen molar-refractivity contribution in [3.05, 3.63) is 66.0 Å². The number of halogens is 1. The molecule has 0 fully saturated rings. The average molecular weight is 465 g/mol. The summed E-state index contributed by atoms with van der Waals surface area (Å²) in [6.45, 7) is 5.16. The molecule has 0 aliphatic rings. The molecule has 1 N–H and O–H groups in total. The first-order valence-corrected chi connectivity index (χ1v) is 10.9. The maximum Gasteiger partial charge on any atom is 0.251 e. The fraction of sp³-hybridized carbons (Fsp3) is 0.250. The molecule has 2 heterocycles. The number of aromatic nitrogens is 4. The van der Waals surface area contributed by atoms with Crippen LogP contribution in [0.25, 0.3) is 17.0 Å². The molecule has 0 saturated carbocycles. The average Bonchev–Trinajstić information content (AvgIpc) is 3.26. The van der Waals surface area contributed by atoms with Crippen LogP contribution in [0.1, 0.15) is 24.2 Å². The van der Waals surface area contributed by atoms with E-state index in [0.717, 1.165) is 0 Å². The van der Waals surface area contributed by atoms with Crippen LogP contribution in [0.15, 0.2) is 54.6 Å². The number of carbonyl (C=O) groups is 1. The second-order valence-electron chi connectivity index (χ2n) is 7.11. The first kappa shape index (κ1) is 23.0. The molecule has 1 amide bonds. The monoisotopic (exact) mass is 465 g/mol. The first-order valence-electron chi connectivity index (χ1n) is 10.9. The van der Waals surface area contributed by atoms with Crippen LogP contribution in [0.5, 0.6) is 17.4 Å². The van der Waals surface area contributed by atoms with E-state index < -0.39 is 0 Å². The molecular formula is C24H24FN5O4. The summed E-state index contributed by atoms with van der Waals surface area (Å²) in [5.74, 6) is 1.19. The molecule has 4 aromatic rings. The Balaban J connectivity index is 1.37. The Hall–Kier alpha value is -4.21. The van der Waals surface area contributed by atoms with E-state index in [1.165, 1.54) is 16.6 Å². The first-order chi connectivity index (χ1) is 16.6. The summed E-state index contributed by atoms with van der Waals surface area (Å²) >= 11 is 0. The highest BCUT2D eigenvalue weighted by Crippen LogP contribution is 2.28. The number of hydrogen-bond donors (Lipinski definition) is 1. The predicted molar refractivity (Wildman–Crippen MR) is 123 cm³/mol. The topological polar surface area (TPSA) is 99.9 Å². The fourth-order valence-electron chi connectivity index (χ4n) is 3.27. The second-order valence-corrected chi connectivity index (χ2v) is 7.11. The van der Waals surface area contributed by atoms with Crippen molar-refractivity contribution < 1.29 is 23.4 Å². The SMILES string of the molecule is CCOc1ccc(C(=O)NCCOc2ccc3nnc(-c4cccc(F)c4)n3n2)cc1OCC. The molecule has 2 aromatic heterocycles. The summed E-state index contributed by atoms with van der Waals surface area (Å²) in [6.07, 6.45) is 0. The summed E-state index contributed by atoms with van der Waals surface area (Å²) in [6, 6.07) is 14.4. The largest absolute Gasteiger partial charge is 0.490 e. The van der Waals surface area contributed by atoms with Gasteiger partial charge in [0.2, 0.25) is 5.88 Å². The van der Waals surface area contributed by atoms with Crippen LogP contribution in [-0.2, 0) is 0 Å². The minimum atomic E-state index is -0.377. The van der Waals surface area contributed by atoms with Gasteiger partial charge in [0.1, 0.15) is 12.4 Å². The molecule has 0 spiro atoms. The van der Waals surface area contributed by atoms with Crippen LogP contribution in [0.2, 0.25) is 0 Å². The molecule has 0 unspecified atom stereocenters. The number of amides is 1. The number of benzene rings is 2. The van der Waals surface area contributed by atoms with Crippen LogP contribution in [-0.4, -0.2) is 52.1 Å². The minimum absolute atomic E-state index is 0.191. The van der Waals surface area contributed by atoms with Crippen molar-refractivity contribution >= 4 is 11.6 Å². The fourth-order valence-corrected chi connectivity index (χ4v) is 3.27. The highest BCUT2D eigenvalue weighted by atomic mass is 19.1. The van der Waals surface area contributed by atoms with Crippen molar-refractivity contribution in [3.63, 3.8) is 0 Å². The van der Waals surface area contributed by atoms with Crippen molar-refractivity contribution in [1.29, 1.82) is 0 Å². The highest BCUT2D eigenvalue weighted by molar-refractivity contribution is 5.94. The second kappa shape index (κ2) is 10.6. The third-order valence-electron chi connectivity index (χ3n) is 4.76. The molecule has 0 aliphatic heterocycles. The molecule has 0 radical (unpaired) electrons. The van der Waals surface area contributed by atoms with Gasteiger partial charge in [-0.1, -0.05) is 12.1 Å².